The highest BCUT2D eigenvalue weighted by molar-refractivity contribution is 5.80. The molecule has 0 atom stereocenters. The van der Waals surface area contributed by atoms with Gasteiger partial charge in [-0.3, -0.25) is 4.79 Å². The third-order valence-corrected chi connectivity index (χ3v) is 3.20. The van der Waals surface area contributed by atoms with Gasteiger partial charge >= 0.3 is 12.0 Å². The normalized spacial score (nSPS) is 15.1. The Morgan fingerprint density at radius 1 is 1.40 bits per heavy atom. The molecule has 1 saturated carbocycles. The maximum absolute atomic E-state index is 12.0. The Morgan fingerprint density at radius 2 is 2.05 bits per heavy atom. The molecule has 0 unspecified atom stereocenters. The van der Waals surface area contributed by atoms with E-state index in [2.05, 4.69) is 11.9 Å². The summed E-state index contributed by atoms with van der Waals surface area (Å²) in [6.45, 7) is 6.57. The molecule has 2 N–H and O–H groups in total. The van der Waals surface area contributed by atoms with Crippen molar-refractivity contribution in [3.8, 4) is 0 Å². The van der Waals surface area contributed by atoms with Crippen LogP contribution in [0.2, 0.25) is 0 Å². The van der Waals surface area contributed by atoms with Gasteiger partial charge < -0.3 is 20.1 Å². The molecule has 0 heterocycles. The van der Waals surface area contributed by atoms with Gasteiger partial charge in [0, 0.05) is 12.6 Å². The Kier molecular flexibility index (Phi) is 7.08. The van der Waals surface area contributed by atoms with Crippen LogP contribution >= 0.6 is 0 Å². The third-order valence-electron chi connectivity index (χ3n) is 3.20. The van der Waals surface area contributed by atoms with E-state index in [1.807, 2.05) is 6.92 Å². The van der Waals surface area contributed by atoms with Crippen LogP contribution in [0, 0.1) is 0 Å². The number of aliphatic carboxylic acids is 1. The van der Waals surface area contributed by atoms with Gasteiger partial charge in [-0.1, -0.05) is 25.0 Å². The molecule has 1 fully saturated rings. The molecule has 1 rings (SSSR count). The van der Waals surface area contributed by atoms with Crippen molar-refractivity contribution in [1.29, 1.82) is 0 Å². The summed E-state index contributed by atoms with van der Waals surface area (Å²) >= 11 is 0. The van der Waals surface area contributed by atoms with Crippen molar-refractivity contribution >= 4 is 12.0 Å². The zero-order valence-corrected chi connectivity index (χ0v) is 12.1. The average Bonchev–Trinajstić information content (AvgIpc) is 2.88. The number of urea groups is 1. The lowest BCUT2D eigenvalue weighted by molar-refractivity contribution is -0.138. The van der Waals surface area contributed by atoms with Gasteiger partial charge in [0.15, 0.2) is 0 Å². The molecule has 2 amide bonds. The number of carboxylic acids is 1. The third kappa shape index (κ3) is 6.06. The van der Waals surface area contributed by atoms with Crippen LogP contribution in [-0.2, 0) is 9.53 Å². The highest BCUT2D eigenvalue weighted by Crippen LogP contribution is 2.23. The number of carboxylic acid groups (broad SMARTS) is 1. The SMILES string of the molecule is C=C(C)COCCNC(=O)N(CC(=O)O)C1CCCC1. The van der Waals surface area contributed by atoms with E-state index in [9.17, 15) is 9.59 Å². The zero-order valence-electron chi connectivity index (χ0n) is 12.1. The lowest BCUT2D eigenvalue weighted by atomic mass is 10.2. The maximum Gasteiger partial charge on any atom is 0.323 e. The molecule has 0 bridgehead atoms. The molecule has 6 heteroatoms. The fraction of sp³-hybridized carbons (Fsp3) is 0.714. The maximum atomic E-state index is 12.0. The highest BCUT2D eigenvalue weighted by Gasteiger charge is 2.27. The van der Waals surface area contributed by atoms with E-state index >= 15 is 0 Å². The smallest absolute Gasteiger partial charge is 0.323 e. The minimum Gasteiger partial charge on any atom is -0.480 e. The summed E-state index contributed by atoms with van der Waals surface area (Å²) in [4.78, 5) is 24.3. The second-order valence-corrected chi connectivity index (χ2v) is 5.20. The summed E-state index contributed by atoms with van der Waals surface area (Å²) in [5.74, 6) is -0.981. The molecule has 0 aliphatic heterocycles. The number of ether oxygens (including phenoxy) is 1. The number of amides is 2. The molecule has 0 aromatic heterocycles. The largest absolute Gasteiger partial charge is 0.480 e. The predicted molar refractivity (Wildman–Crippen MR) is 75.6 cm³/mol. The van der Waals surface area contributed by atoms with E-state index in [1.165, 1.54) is 4.90 Å². The predicted octanol–water partition coefficient (Wildman–Crippen LogP) is 1.62. The lowest BCUT2D eigenvalue weighted by Crippen LogP contribution is -2.48. The van der Waals surface area contributed by atoms with E-state index in [0.29, 0.717) is 19.8 Å². The van der Waals surface area contributed by atoms with Crippen molar-refractivity contribution in [3.05, 3.63) is 12.2 Å². The fourth-order valence-electron chi connectivity index (χ4n) is 2.31. The first-order chi connectivity index (χ1) is 9.50. The van der Waals surface area contributed by atoms with Crippen molar-refractivity contribution in [2.75, 3.05) is 26.3 Å². The summed E-state index contributed by atoms with van der Waals surface area (Å²) in [6.07, 6.45) is 3.87. The molecule has 0 aromatic rings. The summed E-state index contributed by atoms with van der Waals surface area (Å²) in [7, 11) is 0. The first kappa shape index (κ1) is 16.5. The Hall–Kier alpha value is -1.56. The summed E-state index contributed by atoms with van der Waals surface area (Å²) < 4.78 is 5.28. The van der Waals surface area contributed by atoms with Crippen molar-refractivity contribution < 1.29 is 19.4 Å². The van der Waals surface area contributed by atoms with Crippen LogP contribution < -0.4 is 5.32 Å². The van der Waals surface area contributed by atoms with E-state index in [1.54, 1.807) is 0 Å². The fourth-order valence-corrected chi connectivity index (χ4v) is 2.31. The molecular formula is C14H24N2O4. The van der Waals surface area contributed by atoms with E-state index in [-0.39, 0.29) is 18.6 Å². The second-order valence-electron chi connectivity index (χ2n) is 5.20. The van der Waals surface area contributed by atoms with Crippen LogP contribution in [0.25, 0.3) is 0 Å². The molecule has 0 aromatic carbocycles. The molecule has 0 saturated heterocycles. The summed E-state index contributed by atoms with van der Waals surface area (Å²) in [6, 6.07) is -0.277. The Bertz CT molecular complexity index is 351. The van der Waals surface area contributed by atoms with Gasteiger partial charge in [-0.05, 0) is 19.8 Å². The zero-order chi connectivity index (χ0) is 15.0. The summed E-state index contributed by atoms with van der Waals surface area (Å²) in [5.41, 5.74) is 0.926. The first-order valence-electron chi connectivity index (χ1n) is 6.99. The van der Waals surface area contributed by atoms with Crippen LogP contribution in [0.15, 0.2) is 12.2 Å². The van der Waals surface area contributed by atoms with Crippen LogP contribution in [0.5, 0.6) is 0 Å². The summed E-state index contributed by atoms with van der Waals surface area (Å²) in [5, 5.41) is 11.6. The average molecular weight is 284 g/mol. The van der Waals surface area contributed by atoms with Gasteiger partial charge in [0.1, 0.15) is 6.54 Å². The van der Waals surface area contributed by atoms with Crippen molar-refractivity contribution in [3.63, 3.8) is 0 Å². The van der Waals surface area contributed by atoms with Crippen LogP contribution in [0.4, 0.5) is 4.79 Å². The Labute approximate surface area is 119 Å². The number of rotatable bonds is 8. The molecular weight excluding hydrogens is 260 g/mol. The van der Waals surface area contributed by atoms with Gasteiger partial charge in [0.05, 0.1) is 13.2 Å². The van der Waals surface area contributed by atoms with Crippen LogP contribution in [-0.4, -0.2) is 54.4 Å². The molecule has 0 radical (unpaired) electrons. The molecule has 0 spiro atoms. The molecule has 20 heavy (non-hydrogen) atoms. The standard InChI is InChI=1S/C14H24N2O4/c1-11(2)10-20-8-7-15-14(19)16(9-13(17)18)12-5-3-4-6-12/h12H,1,3-10H2,2H3,(H,15,19)(H,17,18). The van der Waals surface area contributed by atoms with Gasteiger partial charge in [-0.15, -0.1) is 0 Å². The Balaban J connectivity index is 2.34. The minimum atomic E-state index is -0.981. The van der Waals surface area contributed by atoms with E-state index in [4.69, 9.17) is 9.84 Å². The van der Waals surface area contributed by atoms with Gasteiger partial charge in [0.2, 0.25) is 0 Å². The number of hydrogen-bond donors (Lipinski definition) is 2. The quantitative estimate of drug-likeness (QED) is 0.524. The van der Waals surface area contributed by atoms with E-state index in [0.717, 1.165) is 31.3 Å². The molecule has 114 valence electrons. The van der Waals surface area contributed by atoms with Gasteiger partial charge in [-0.2, -0.15) is 0 Å². The number of nitrogens with zero attached hydrogens (tertiary/aromatic N) is 1. The second kappa shape index (κ2) is 8.58. The number of hydrogen-bond acceptors (Lipinski definition) is 3. The molecule has 6 nitrogen and oxygen atoms in total. The van der Waals surface area contributed by atoms with Gasteiger partial charge in [0.25, 0.3) is 0 Å². The van der Waals surface area contributed by atoms with Crippen molar-refractivity contribution in [2.24, 2.45) is 0 Å². The Morgan fingerprint density at radius 3 is 2.60 bits per heavy atom. The molecule has 1 aliphatic rings. The number of carbonyl (C=O) groups is 2. The van der Waals surface area contributed by atoms with Crippen molar-refractivity contribution in [1.82, 2.24) is 10.2 Å². The lowest BCUT2D eigenvalue weighted by Gasteiger charge is -2.27. The number of nitrogens with one attached hydrogen (secondary N) is 1. The van der Waals surface area contributed by atoms with Crippen LogP contribution in [0.3, 0.4) is 0 Å². The van der Waals surface area contributed by atoms with Gasteiger partial charge in [-0.25, -0.2) is 4.79 Å². The number of carbonyl (C=O) groups excluding carboxylic acids is 1. The van der Waals surface area contributed by atoms with E-state index < -0.39 is 5.97 Å². The monoisotopic (exact) mass is 284 g/mol. The minimum absolute atomic E-state index is 0.0439. The van der Waals surface area contributed by atoms with Crippen molar-refractivity contribution in [2.45, 2.75) is 38.6 Å². The molecule has 1 aliphatic carbocycles. The first-order valence-corrected chi connectivity index (χ1v) is 6.99. The van der Waals surface area contributed by atoms with Crippen LogP contribution in [0.1, 0.15) is 32.6 Å². The topological polar surface area (TPSA) is 78.9 Å². The highest BCUT2D eigenvalue weighted by atomic mass is 16.5.